The average molecular weight is 352 g/mol. The summed E-state index contributed by atoms with van der Waals surface area (Å²) in [6.45, 7) is 2.00. The van der Waals surface area contributed by atoms with E-state index in [4.69, 9.17) is 9.47 Å². The highest BCUT2D eigenvalue weighted by Crippen LogP contribution is 2.38. The van der Waals surface area contributed by atoms with E-state index in [1.165, 1.54) is 19.2 Å². The Kier molecular flexibility index (Phi) is 3.95. The van der Waals surface area contributed by atoms with E-state index in [-0.39, 0.29) is 18.2 Å². The van der Waals surface area contributed by atoms with Crippen molar-refractivity contribution in [3.05, 3.63) is 65.9 Å². The van der Waals surface area contributed by atoms with Gasteiger partial charge in [0, 0.05) is 11.8 Å². The van der Waals surface area contributed by atoms with Gasteiger partial charge in [0.05, 0.1) is 24.9 Å². The number of esters is 1. The Morgan fingerprint density at radius 3 is 2.77 bits per heavy atom. The number of methoxy groups -OCH3 is 1. The third kappa shape index (κ3) is 2.83. The Morgan fingerprint density at radius 2 is 2.04 bits per heavy atom. The van der Waals surface area contributed by atoms with Crippen molar-refractivity contribution in [1.29, 1.82) is 0 Å². The van der Waals surface area contributed by atoms with Gasteiger partial charge in [0.25, 0.3) is 0 Å². The first kappa shape index (κ1) is 16.3. The van der Waals surface area contributed by atoms with Gasteiger partial charge in [-0.25, -0.2) is 9.37 Å². The fraction of sp³-hybridized carbons (Fsp3) is 0.200. The molecule has 0 amide bonds. The maximum atomic E-state index is 13.2. The van der Waals surface area contributed by atoms with Gasteiger partial charge < -0.3 is 9.47 Å². The molecule has 2 heterocycles. The molecule has 132 valence electrons. The van der Waals surface area contributed by atoms with E-state index in [1.807, 2.05) is 35.9 Å². The van der Waals surface area contributed by atoms with Gasteiger partial charge in [0.2, 0.25) is 0 Å². The molecule has 4 rings (SSSR count). The Hall–Kier alpha value is -3.15. The molecule has 1 atom stereocenters. The van der Waals surface area contributed by atoms with Crippen molar-refractivity contribution in [3.8, 4) is 22.7 Å². The molecule has 1 aliphatic rings. The molecule has 0 fully saturated rings. The van der Waals surface area contributed by atoms with Gasteiger partial charge in [0.1, 0.15) is 11.6 Å². The lowest BCUT2D eigenvalue weighted by Crippen LogP contribution is -2.22. The molecule has 1 aliphatic heterocycles. The third-order valence-electron chi connectivity index (χ3n) is 4.38. The van der Waals surface area contributed by atoms with Crippen molar-refractivity contribution in [1.82, 2.24) is 9.55 Å². The molecule has 0 N–H and O–H groups in total. The smallest absolute Gasteiger partial charge is 0.309 e. The van der Waals surface area contributed by atoms with E-state index in [9.17, 15) is 9.18 Å². The van der Waals surface area contributed by atoms with E-state index < -0.39 is 6.10 Å². The monoisotopic (exact) mass is 352 g/mol. The van der Waals surface area contributed by atoms with Crippen LogP contribution in [0.15, 0.2) is 48.7 Å². The minimum absolute atomic E-state index is 0.0592. The molecule has 0 unspecified atom stereocenters. The number of ether oxygens (including phenoxy) is 2. The van der Waals surface area contributed by atoms with Crippen molar-refractivity contribution in [2.75, 3.05) is 7.11 Å². The summed E-state index contributed by atoms with van der Waals surface area (Å²) in [5.41, 5.74) is 3.43. The number of hydrogen-bond acceptors (Lipinski definition) is 4. The molecule has 0 radical (unpaired) electrons. The topological polar surface area (TPSA) is 53.4 Å². The Bertz CT molecular complexity index is 979. The van der Waals surface area contributed by atoms with Crippen LogP contribution in [0.2, 0.25) is 0 Å². The first-order valence-corrected chi connectivity index (χ1v) is 8.25. The van der Waals surface area contributed by atoms with E-state index in [1.54, 1.807) is 12.1 Å². The van der Waals surface area contributed by atoms with Crippen LogP contribution in [-0.2, 0) is 9.53 Å². The molecule has 0 saturated carbocycles. The molecule has 0 aliphatic carbocycles. The Labute approximate surface area is 150 Å². The van der Waals surface area contributed by atoms with Crippen LogP contribution in [0.4, 0.5) is 4.39 Å². The largest absolute Gasteiger partial charge is 0.480 e. The second kappa shape index (κ2) is 6.29. The maximum Gasteiger partial charge on any atom is 0.309 e. The number of aromatic nitrogens is 2. The van der Waals surface area contributed by atoms with Gasteiger partial charge in [-0.05, 0) is 48.9 Å². The summed E-state index contributed by atoms with van der Waals surface area (Å²) in [5, 5.41) is 0. The summed E-state index contributed by atoms with van der Waals surface area (Å²) in [5.74, 6) is 0.627. The van der Waals surface area contributed by atoms with Crippen molar-refractivity contribution in [2.45, 2.75) is 19.4 Å². The van der Waals surface area contributed by atoms with Crippen LogP contribution in [0.5, 0.6) is 5.75 Å². The molecule has 26 heavy (non-hydrogen) atoms. The number of imidazole rings is 1. The van der Waals surface area contributed by atoms with Crippen LogP contribution in [-0.4, -0.2) is 22.6 Å². The lowest BCUT2D eigenvalue weighted by Gasteiger charge is -2.26. The molecule has 0 bridgehead atoms. The minimum Gasteiger partial charge on any atom is -0.480 e. The Morgan fingerprint density at radius 1 is 1.27 bits per heavy atom. The fourth-order valence-corrected chi connectivity index (χ4v) is 3.06. The molecular formula is C20H17FN2O3. The van der Waals surface area contributed by atoms with Crippen LogP contribution in [0.3, 0.4) is 0 Å². The van der Waals surface area contributed by atoms with Crippen molar-refractivity contribution >= 4 is 5.97 Å². The summed E-state index contributed by atoms with van der Waals surface area (Å²) in [6.07, 6.45) is 1.39. The van der Waals surface area contributed by atoms with E-state index in [0.29, 0.717) is 17.3 Å². The van der Waals surface area contributed by atoms with Crippen LogP contribution in [0, 0.1) is 12.7 Å². The average Bonchev–Trinajstić information content (AvgIpc) is 3.08. The number of aryl methyl sites for hydroxylation is 1. The van der Waals surface area contributed by atoms with Gasteiger partial charge in [-0.2, -0.15) is 0 Å². The third-order valence-corrected chi connectivity index (χ3v) is 4.38. The van der Waals surface area contributed by atoms with Gasteiger partial charge in [0.15, 0.2) is 11.9 Å². The number of carbonyl (C=O) groups is 1. The normalized spacial score (nSPS) is 15.0. The highest BCUT2D eigenvalue weighted by molar-refractivity contribution is 5.70. The number of carbonyl (C=O) groups excluding carboxylic acids is 1. The zero-order valence-corrected chi connectivity index (χ0v) is 14.4. The number of nitrogens with zero attached hydrogens (tertiary/aromatic N) is 2. The molecule has 5 nitrogen and oxygen atoms in total. The molecule has 0 spiro atoms. The lowest BCUT2D eigenvalue weighted by molar-refractivity contribution is -0.142. The van der Waals surface area contributed by atoms with E-state index in [0.717, 1.165) is 16.8 Å². The SMILES string of the molecule is COC(=O)C[C@@H]1Oc2ccc(C)cc2-n2cc(-c3ccc(F)cc3)nc21. The number of hydrogen-bond donors (Lipinski definition) is 0. The lowest BCUT2D eigenvalue weighted by atomic mass is 10.1. The summed E-state index contributed by atoms with van der Waals surface area (Å²) < 4.78 is 25.9. The number of benzene rings is 2. The molecule has 0 saturated heterocycles. The van der Waals surface area contributed by atoms with Crippen LogP contribution in [0.25, 0.3) is 16.9 Å². The number of rotatable bonds is 3. The maximum absolute atomic E-state index is 13.2. The van der Waals surface area contributed by atoms with Gasteiger partial charge >= 0.3 is 5.97 Å². The second-order valence-electron chi connectivity index (χ2n) is 6.22. The highest BCUT2D eigenvalue weighted by atomic mass is 19.1. The number of halogens is 1. The second-order valence-corrected chi connectivity index (χ2v) is 6.22. The molecule has 3 aromatic rings. The van der Waals surface area contributed by atoms with Crippen LogP contribution < -0.4 is 4.74 Å². The molecule has 2 aromatic carbocycles. The summed E-state index contributed by atoms with van der Waals surface area (Å²) in [4.78, 5) is 16.4. The van der Waals surface area contributed by atoms with E-state index >= 15 is 0 Å². The molecule has 1 aromatic heterocycles. The summed E-state index contributed by atoms with van der Waals surface area (Å²) >= 11 is 0. The molecule has 6 heteroatoms. The minimum atomic E-state index is -0.549. The first-order chi connectivity index (χ1) is 12.5. The van der Waals surface area contributed by atoms with Gasteiger partial charge in [-0.1, -0.05) is 6.07 Å². The predicted octanol–water partition coefficient (Wildman–Crippen LogP) is 3.98. The van der Waals surface area contributed by atoms with Gasteiger partial charge in [-0.3, -0.25) is 9.36 Å². The molecular weight excluding hydrogens is 335 g/mol. The first-order valence-electron chi connectivity index (χ1n) is 8.25. The summed E-state index contributed by atoms with van der Waals surface area (Å²) in [7, 11) is 1.35. The quantitative estimate of drug-likeness (QED) is 0.669. The van der Waals surface area contributed by atoms with Crippen molar-refractivity contribution in [2.24, 2.45) is 0 Å². The van der Waals surface area contributed by atoms with Crippen LogP contribution in [0.1, 0.15) is 23.9 Å². The van der Waals surface area contributed by atoms with Crippen LogP contribution >= 0.6 is 0 Å². The predicted molar refractivity (Wildman–Crippen MR) is 93.7 cm³/mol. The van der Waals surface area contributed by atoms with Crippen molar-refractivity contribution in [3.63, 3.8) is 0 Å². The Balaban J connectivity index is 1.83. The highest BCUT2D eigenvalue weighted by Gasteiger charge is 2.31. The van der Waals surface area contributed by atoms with Gasteiger partial charge in [-0.15, -0.1) is 0 Å². The standard InChI is InChI=1S/C20H17FN2O3/c1-12-3-8-17-16(9-12)23-11-15(13-4-6-14(21)7-5-13)22-20(23)18(26-17)10-19(24)25-2/h3-9,11,18H,10H2,1-2H3/t18-/m0/s1. The summed E-state index contributed by atoms with van der Waals surface area (Å²) in [6, 6.07) is 12.0. The zero-order valence-electron chi connectivity index (χ0n) is 14.4. The zero-order chi connectivity index (χ0) is 18.3. The van der Waals surface area contributed by atoms with E-state index in [2.05, 4.69) is 4.98 Å². The number of fused-ring (bicyclic) bond motifs is 3. The fourth-order valence-electron chi connectivity index (χ4n) is 3.06. The van der Waals surface area contributed by atoms with Crippen molar-refractivity contribution < 1.29 is 18.7 Å².